The molecule has 2 heteroatoms. The number of hydrogen-bond acceptors (Lipinski definition) is 1. The Balaban J connectivity index is 1.04. The Morgan fingerprint density at radius 2 is 0.742 bits per heavy atom. The maximum Gasteiger partial charge on any atom is 0.0541 e. The molecule has 0 spiro atoms. The summed E-state index contributed by atoms with van der Waals surface area (Å²) in [5.74, 6) is 0. The Morgan fingerprint density at radius 3 is 1.47 bits per heavy atom. The van der Waals surface area contributed by atoms with E-state index in [1.807, 2.05) is 0 Å². The summed E-state index contributed by atoms with van der Waals surface area (Å²) in [5, 5.41) is 4.93. The molecule has 0 radical (unpaired) electrons. The second-order valence-corrected chi connectivity index (χ2v) is 16.9. The zero-order valence-electron chi connectivity index (χ0n) is 36.3. The summed E-state index contributed by atoms with van der Waals surface area (Å²) in [4.78, 5) is 2.45. The second-order valence-electron chi connectivity index (χ2n) is 16.9. The van der Waals surface area contributed by atoms with Gasteiger partial charge >= 0.3 is 0 Å². The molecular weight excluding hydrogens is 797 g/mol. The monoisotopic (exact) mass is 840 g/mol. The number of hydrogen-bond donors (Lipinski definition) is 0. The predicted octanol–water partition coefficient (Wildman–Crippen LogP) is 17.7. The van der Waals surface area contributed by atoms with Gasteiger partial charge in [0, 0.05) is 33.4 Å². The molecule has 0 fully saturated rings. The van der Waals surface area contributed by atoms with Crippen molar-refractivity contribution in [2.24, 2.45) is 0 Å². The van der Waals surface area contributed by atoms with Gasteiger partial charge in [0.15, 0.2) is 0 Å². The molecule has 310 valence electrons. The van der Waals surface area contributed by atoms with E-state index < -0.39 is 0 Å². The summed E-state index contributed by atoms with van der Waals surface area (Å²) in [7, 11) is 0. The molecule has 0 aliphatic carbocycles. The third kappa shape index (κ3) is 7.02. The molecule has 0 bridgehead atoms. The van der Waals surface area contributed by atoms with E-state index in [4.69, 9.17) is 0 Å². The van der Waals surface area contributed by atoms with Gasteiger partial charge in [0.05, 0.1) is 16.7 Å². The lowest BCUT2D eigenvalue weighted by Gasteiger charge is -2.29. The van der Waals surface area contributed by atoms with Crippen LogP contribution in [0.1, 0.15) is 0 Å². The predicted molar refractivity (Wildman–Crippen MR) is 280 cm³/mol. The summed E-state index contributed by atoms with van der Waals surface area (Å²) in [6.07, 6.45) is 0. The topological polar surface area (TPSA) is 8.17 Å². The van der Waals surface area contributed by atoms with E-state index in [0.717, 1.165) is 39.4 Å². The van der Waals surface area contributed by atoms with Crippen LogP contribution in [-0.4, -0.2) is 4.57 Å². The molecule has 66 heavy (non-hydrogen) atoms. The molecule has 0 saturated carbocycles. The number of nitrogens with zero attached hydrogens (tertiary/aromatic N) is 2. The molecule has 0 amide bonds. The number of rotatable bonds is 9. The fraction of sp³-hybridized carbons (Fsp3) is 0. The molecule has 0 saturated heterocycles. The van der Waals surface area contributed by atoms with E-state index in [0.29, 0.717) is 0 Å². The van der Waals surface area contributed by atoms with Crippen molar-refractivity contribution in [3.63, 3.8) is 0 Å². The van der Waals surface area contributed by atoms with Crippen molar-refractivity contribution in [2.45, 2.75) is 0 Å². The molecule has 0 aliphatic rings. The zero-order valence-corrected chi connectivity index (χ0v) is 36.3. The Bertz CT molecular complexity index is 3710. The average molecular weight is 841 g/mol. The minimum Gasteiger partial charge on any atom is -0.310 e. The highest BCUT2D eigenvalue weighted by Crippen LogP contribution is 2.46. The van der Waals surface area contributed by atoms with Gasteiger partial charge in [-0.2, -0.15) is 0 Å². The van der Waals surface area contributed by atoms with E-state index >= 15 is 0 Å². The third-order valence-electron chi connectivity index (χ3n) is 13.0. The fourth-order valence-corrected chi connectivity index (χ4v) is 9.89. The van der Waals surface area contributed by atoms with Gasteiger partial charge in [-0.25, -0.2) is 0 Å². The quantitative estimate of drug-likeness (QED) is 0.141. The Hall–Kier alpha value is -8.72. The fourth-order valence-electron chi connectivity index (χ4n) is 9.89. The van der Waals surface area contributed by atoms with Crippen LogP contribution in [0.2, 0.25) is 0 Å². The smallest absolute Gasteiger partial charge is 0.0541 e. The van der Waals surface area contributed by atoms with Crippen LogP contribution in [-0.2, 0) is 0 Å². The van der Waals surface area contributed by atoms with Crippen molar-refractivity contribution in [1.29, 1.82) is 0 Å². The molecule has 12 rings (SSSR count). The standard InChI is InChI=1S/C64H44N2/c1-3-20-46(21-4-1)55-29-9-10-30-56(55)57-31-11-12-32-58(57)59-33-13-15-35-62(59)65(53-27-17-23-48(42-53)50-38-37-45-19-7-8-22-47(45)41-50)54-28-18-24-49(43-54)51-39-40-64-61(44-51)60-34-14-16-36-63(60)66(64)52-25-5-2-6-26-52/h1-44H. The number of benzene rings is 11. The van der Waals surface area contributed by atoms with Gasteiger partial charge < -0.3 is 9.47 Å². The van der Waals surface area contributed by atoms with Crippen LogP contribution in [0, 0.1) is 0 Å². The molecule has 11 aromatic carbocycles. The number of para-hydroxylation sites is 3. The summed E-state index contributed by atoms with van der Waals surface area (Å²) >= 11 is 0. The first-order valence-electron chi connectivity index (χ1n) is 22.7. The maximum absolute atomic E-state index is 2.45. The highest BCUT2D eigenvalue weighted by Gasteiger charge is 2.22. The van der Waals surface area contributed by atoms with Gasteiger partial charge in [-0.05, 0) is 128 Å². The minimum atomic E-state index is 1.07. The van der Waals surface area contributed by atoms with Crippen molar-refractivity contribution >= 4 is 49.6 Å². The summed E-state index contributed by atoms with van der Waals surface area (Å²) < 4.78 is 2.38. The molecule has 0 N–H and O–H groups in total. The van der Waals surface area contributed by atoms with E-state index in [2.05, 4.69) is 276 Å². The molecule has 0 unspecified atom stereocenters. The van der Waals surface area contributed by atoms with E-state index in [-0.39, 0.29) is 0 Å². The SMILES string of the molecule is c1ccc(-c2ccccc2-c2ccccc2-c2ccccc2N(c2cccc(-c3ccc4ccccc4c3)c2)c2cccc(-c3ccc4c(c3)c3ccccc3n4-c3ccccc3)c2)cc1. The van der Waals surface area contributed by atoms with Crippen LogP contribution in [0.5, 0.6) is 0 Å². The van der Waals surface area contributed by atoms with E-state index in [1.165, 1.54) is 71.5 Å². The van der Waals surface area contributed by atoms with Crippen LogP contribution < -0.4 is 4.90 Å². The molecule has 2 nitrogen and oxygen atoms in total. The van der Waals surface area contributed by atoms with Crippen LogP contribution >= 0.6 is 0 Å². The molecule has 12 aromatic rings. The van der Waals surface area contributed by atoms with Gasteiger partial charge in [0.25, 0.3) is 0 Å². The van der Waals surface area contributed by atoms with Gasteiger partial charge in [-0.3, -0.25) is 0 Å². The average Bonchev–Trinajstić information content (AvgIpc) is 3.73. The first-order chi connectivity index (χ1) is 32.7. The lowest BCUT2D eigenvalue weighted by atomic mass is 9.88. The molecule has 0 aliphatic heterocycles. The van der Waals surface area contributed by atoms with Crippen LogP contribution in [0.25, 0.3) is 93.9 Å². The van der Waals surface area contributed by atoms with Crippen molar-refractivity contribution in [3.05, 3.63) is 267 Å². The van der Waals surface area contributed by atoms with Crippen LogP contribution in [0.15, 0.2) is 267 Å². The largest absolute Gasteiger partial charge is 0.310 e. The lowest BCUT2D eigenvalue weighted by molar-refractivity contribution is 1.18. The van der Waals surface area contributed by atoms with Crippen LogP contribution in [0.3, 0.4) is 0 Å². The normalized spacial score (nSPS) is 11.3. The Labute approximate surface area is 385 Å². The highest BCUT2D eigenvalue weighted by molar-refractivity contribution is 6.10. The minimum absolute atomic E-state index is 1.07. The van der Waals surface area contributed by atoms with Crippen molar-refractivity contribution in [3.8, 4) is 61.3 Å². The summed E-state index contributed by atoms with van der Waals surface area (Å²) in [6, 6.07) is 97.0. The molecule has 1 aromatic heterocycles. The number of anilines is 3. The highest BCUT2D eigenvalue weighted by atomic mass is 15.1. The van der Waals surface area contributed by atoms with Gasteiger partial charge in [0.2, 0.25) is 0 Å². The number of fused-ring (bicyclic) bond motifs is 4. The van der Waals surface area contributed by atoms with Crippen molar-refractivity contribution < 1.29 is 0 Å². The molecular formula is C64H44N2. The summed E-state index contributed by atoms with van der Waals surface area (Å²) in [6.45, 7) is 0. The van der Waals surface area contributed by atoms with Crippen LogP contribution in [0.4, 0.5) is 17.1 Å². The van der Waals surface area contributed by atoms with E-state index in [9.17, 15) is 0 Å². The molecule has 1 heterocycles. The van der Waals surface area contributed by atoms with Gasteiger partial charge in [0.1, 0.15) is 0 Å². The van der Waals surface area contributed by atoms with Gasteiger partial charge in [-0.15, -0.1) is 0 Å². The maximum atomic E-state index is 2.45. The second kappa shape index (κ2) is 16.8. The zero-order chi connectivity index (χ0) is 43.8. The first-order valence-corrected chi connectivity index (χ1v) is 22.7. The Morgan fingerprint density at radius 1 is 0.258 bits per heavy atom. The first kappa shape index (κ1) is 38.9. The van der Waals surface area contributed by atoms with Crippen molar-refractivity contribution in [1.82, 2.24) is 4.57 Å². The Kier molecular flexibility index (Phi) is 9.89. The molecule has 0 atom stereocenters. The number of aromatic nitrogens is 1. The van der Waals surface area contributed by atoms with E-state index in [1.54, 1.807) is 0 Å². The lowest BCUT2D eigenvalue weighted by Crippen LogP contribution is -2.11. The van der Waals surface area contributed by atoms with Gasteiger partial charge in [-0.1, -0.05) is 200 Å². The van der Waals surface area contributed by atoms with Crippen molar-refractivity contribution in [2.75, 3.05) is 4.90 Å². The third-order valence-corrected chi connectivity index (χ3v) is 13.0. The summed E-state index contributed by atoms with van der Waals surface area (Å²) in [5.41, 5.74) is 18.6.